The molecule has 1 aromatic carbocycles. The minimum atomic E-state index is -3.47. The highest BCUT2D eigenvalue weighted by molar-refractivity contribution is 7.99. The first-order valence-corrected chi connectivity index (χ1v) is 11.9. The maximum atomic E-state index is 12.5. The number of thioether (sulfide) groups is 1. The first kappa shape index (κ1) is 21.6. The van der Waals surface area contributed by atoms with E-state index in [1.54, 1.807) is 19.2 Å². The molecule has 0 saturated carbocycles. The van der Waals surface area contributed by atoms with E-state index in [1.807, 2.05) is 31.2 Å². The number of aromatic nitrogens is 1. The molecule has 156 valence electrons. The van der Waals surface area contributed by atoms with Crippen molar-refractivity contribution in [1.82, 2.24) is 14.6 Å². The number of carbonyl (C=O) groups is 1. The third-order valence-electron chi connectivity index (χ3n) is 4.75. The molecule has 1 atom stereocenters. The number of sulfonamides is 1. The van der Waals surface area contributed by atoms with Gasteiger partial charge in [0, 0.05) is 24.8 Å². The van der Waals surface area contributed by atoms with Crippen LogP contribution in [0.15, 0.2) is 52.5 Å². The van der Waals surface area contributed by atoms with Crippen LogP contribution in [0.2, 0.25) is 0 Å². The molecule has 1 amide bonds. The van der Waals surface area contributed by atoms with E-state index < -0.39 is 10.0 Å². The summed E-state index contributed by atoms with van der Waals surface area (Å²) >= 11 is 1.26. The van der Waals surface area contributed by atoms with Gasteiger partial charge in [0.1, 0.15) is 10.6 Å². The van der Waals surface area contributed by atoms with Crippen molar-refractivity contribution in [2.24, 2.45) is 0 Å². The number of methoxy groups -OCH3 is 1. The number of ether oxygens (including phenoxy) is 1. The van der Waals surface area contributed by atoms with Gasteiger partial charge in [-0.1, -0.05) is 30.0 Å². The normalized spacial score (nSPS) is 15.8. The summed E-state index contributed by atoms with van der Waals surface area (Å²) in [4.78, 5) is 16.7. The molecule has 1 fully saturated rings. The van der Waals surface area contributed by atoms with Gasteiger partial charge in [-0.25, -0.2) is 13.4 Å². The lowest BCUT2D eigenvalue weighted by atomic mass is 10.1. The Morgan fingerprint density at radius 3 is 2.62 bits per heavy atom. The number of carbonyl (C=O) groups excluding carboxylic acids is 1. The number of pyridine rings is 1. The summed E-state index contributed by atoms with van der Waals surface area (Å²) in [6.45, 7) is 3.02. The largest absolute Gasteiger partial charge is 0.496 e. The van der Waals surface area contributed by atoms with Crippen molar-refractivity contribution in [2.45, 2.75) is 35.7 Å². The molecule has 1 unspecified atom stereocenters. The highest BCUT2D eigenvalue weighted by atomic mass is 32.2. The van der Waals surface area contributed by atoms with Gasteiger partial charge < -0.3 is 10.1 Å². The summed E-state index contributed by atoms with van der Waals surface area (Å²) in [6.07, 6.45) is 3.15. The van der Waals surface area contributed by atoms with Crippen LogP contribution in [0.5, 0.6) is 5.75 Å². The monoisotopic (exact) mass is 435 g/mol. The van der Waals surface area contributed by atoms with E-state index in [1.165, 1.54) is 22.3 Å². The lowest BCUT2D eigenvalue weighted by Crippen LogP contribution is -2.28. The molecule has 29 heavy (non-hydrogen) atoms. The third kappa shape index (κ3) is 5.29. The van der Waals surface area contributed by atoms with Crippen molar-refractivity contribution >= 4 is 27.7 Å². The van der Waals surface area contributed by atoms with Crippen molar-refractivity contribution in [1.29, 1.82) is 0 Å². The lowest BCUT2D eigenvalue weighted by Gasteiger charge is -2.17. The van der Waals surface area contributed by atoms with E-state index in [2.05, 4.69) is 10.3 Å². The fraction of sp³-hybridized carbons (Fsp3) is 0.400. The first-order valence-electron chi connectivity index (χ1n) is 9.43. The van der Waals surface area contributed by atoms with E-state index >= 15 is 0 Å². The second kappa shape index (κ2) is 9.60. The Balaban J connectivity index is 1.55. The second-order valence-electron chi connectivity index (χ2n) is 6.76. The Hall–Kier alpha value is -2.10. The van der Waals surface area contributed by atoms with Crippen LogP contribution in [0.3, 0.4) is 0 Å². The molecule has 1 aliphatic rings. The van der Waals surface area contributed by atoms with Gasteiger partial charge in [0.05, 0.1) is 23.9 Å². The molecular formula is C20H25N3O4S2. The van der Waals surface area contributed by atoms with Crippen molar-refractivity contribution in [3.05, 3.63) is 48.2 Å². The maximum absolute atomic E-state index is 12.5. The summed E-state index contributed by atoms with van der Waals surface area (Å²) < 4.78 is 31.9. The number of nitrogens with one attached hydrogen (secondary N) is 1. The smallest absolute Gasteiger partial charge is 0.244 e. The highest BCUT2D eigenvalue weighted by Gasteiger charge is 2.27. The summed E-state index contributed by atoms with van der Waals surface area (Å²) in [5.74, 6) is 0.776. The van der Waals surface area contributed by atoms with Crippen LogP contribution < -0.4 is 10.1 Å². The van der Waals surface area contributed by atoms with Crippen LogP contribution in [-0.2, 0) is 14.8 Å². The Morgan fingerprint density at radius 2 is 1.97 bits per heavy atom. The van der Waals surface area contributed by atoms with Crippen molar-refractivity contribution < 1.29 is 17.9 Å². The van der Waals surface area contributed by atoms with Gasteiger partial charge in [-0.2, -0.15) is 4.31 Å². The van der Waals surface area contributed by atoms with Crippen LogP contribution in [0.25, 0.3) is 0 Å². The number of nitrogens with zero attached hydrogens (tertiary/aromatic N) is 2. The molecule has 7 nitrogen and oxygen atoms in total. The number of rotatable bonds is 8. The van der Waals surface area contributed by atoms with Crippen LogP contribution >= 0.6 is 11.8 Å². The van der Waals surface area contributed by atoms with Gasteiger partial charge >= 0.3 is 0 Å². The van der Waals surface area contributed by atoms with Crippen LogP contribution in [0.4, 0.5) is 0 Å². The molecule has 1 N–H and O–H groups in total. The predicted molar refractivity (Wildman–Crippen MR) is 113 cm³/mol. The molecule has 0 bridgehead atoms. The first-order chi connectivity index (χ1) is 13.9. The van der Waals surface area contributed by atoms with Crippen molar-refractivity contribution in [3.8, 4) is 5.75 Å². The van der Waals surface area contributed by atoms with Crippen LogP contribution in [0.1, 0.15) is 31.4 Å². The maximum Gasteiger partial charge on any atom is 0.244 e. The topological polar surface area (TPSA) is 88.6 Å². The Labute approximate surface area is 175 Å². The SMILES string of the molecule is COc1ccccc1C(C)NC(=O)CSc1ccc(S(=O)(=O)N2CCCC2)cn1. The highest BCUT2D eigenvalue weighted by Crippen LogP contribution is 2.25. The molecule has 1 aliphatic heterocycles. The standard InChI is InChI=1S/C20H25N3O4S2/c1-15(17-7-3-4-8-18(17)27-2)22-19(24)14-28-20-10-9-16(13-21-20)29(25,26)23-11-5-6-12-23/h3-4,7-10,13,15H,5-6,11-12,14H2,1-2H3,(H,22,24). The molecule has 9 heteroatoms. The van der Waals surface area contributed by atoms with Gasteiger partial charge in [-0.05, 0) is 38.0 Å². The van der Waals surface area contributed by atoms with Crippen LogP contribution in [0, 0.1) is 0 Å². The number of benzene rings is 1. The molecule has 1 saturated heterocycles. The molecule has 3 rings (SSSR count). The molecule has 2 aromatic rings. The molecular weight excluding hydrogens is 410 g/mol. The van der Waals surface area contributed by atoms with Gasteiger partial charge in [0.2, 0.25) is 15.9 Å². The summed E-state index contributed by atoms with van der Waals surface area (Å²) in [5, 5.41) is 3.55. The van der Waals surface area contributed by atoms with E-state index in [4.69, 9.17) is 4.74 Å². The Morgan fingerprint density at radius 1 is 1.24 bits per heavy atom. The Bertz CT molecular complexity index is 942. The van der Waals surface area contributed by atoms with Crippen molar-refractivity contribution in [2.75, 3.05) is 26.0 Å². The molecule has 0 aliphatic carbocycles. The van der Waals surface area contributed by atoms with Gasteiger partial charge in [-0.15, -0.1) is 0 Å². The number of hydrogen-bond acceptors (Lipinski definition) is 6. The fourth-order valence-electron chi connectivity index (χ4n) is 3.21. The van der Waals surface area contributed by atoms with Gasteiger partial charge in [-0.3, -0.25) is 4.79 Å². The average Bonchev–Trinajstić information content (AvgIpc) is 3.28. The summed E-state index contributed by atoms with van der Waals surface area (Å²) in [7, 11) is -1.87. The van der Waals surface area contributed by atoms with Gasteiger partial charge in [0.15, 0.2) is 0 Å². The lowest BCUT2D eigenvalue weighted by molar-refractivity contribution is -0.119. The zero-order valence-corrected chi connectivity index (χ0v) is 18.1. The zero-order valence-electron chi connectivity index (χ0n) is 16.5. The van der Waals surface area contributed by atoms with Crippen LogP contribution in [-0.4, -0.2) is 49.6 Å². The van der Waals surface area contributed by atoms with Gasteiger partial charge in [0.25, 0.3) is 0 Å². The molecule has 0 spiro atoms. The number of para-hydroxylation sites is 1. The molecule has 0 radical (unpaired) electrons. The summed E-state index contributed by atoms with van der Waals surface area (Å²) in [6, 6.07) is 10.6. The Kier molecular flexibility index (Phi) is 7.15. The van der Waals surface area contributed by atoms with E-state index in [0.717, 1.165) is 24.2 Å². The molecule has 2 heterocycles. The van der Waals surface area contributed by atoms with Crippen molar-refractivity contribution in [3.63, 3.8) is 0 Å². The minimum Gasteiger partial charge on any atom is -0.496 e. The van der Waals surface area contributed by atoms with E-state index in [-0.39, 0.29) is 22.6 Å². The van der Waals surface area contributed by atoms with E-state index in [0.29, 0.717) is 18.1 Å². The number of amides is 1. The fourth-order valence-corrected chi connectivity index (χ4v) is 5.32. The predicted octanol–water partition coefficient (Wildman–Crippen LogP) is 2.84. The summed E-state index contributed by atoms with van der Waals surface area (Å²) in [5.41, 5.74) is 0.906. The second-order valence-corrected chi connectivity index (χ2v) is 9.70. The quantitative estimate of drug-likeness (QED) is 0.642. The minimum absolute atomic E-state index is 0.135. The average molecular weight is 436 g/mol. The number of hydrogen-bond donors (Lipinski definition) is 1. The third-order valence-corrected chi connectivity index (χ3v) is 7.57. The zero-order chi connectivity index (χ0) is 20.9. The van der Waals surface area contributed by atoms with E-state index in [9.17, 15) is 13.2 Å². The molecule has 1 aromatic heterocycles.